The van der Waals surface area contributed by atoms with E-state index in [4.69, 9.17) is 4.74 Å². The van der Waals surface area contributed by atoms with Gasteiger partial charge in [0.2, 0.25) is 0 Å². The van der Waals surface area contributed by atoms with Crippen molar-refractivity contribution in [1.82, 2.24) is 10.6 Å². The lowest BCUT2D eigenvalue weighted by atomic mass is 10.0. The summed E-state index contributed by atoms with van der Waals surface area (Å²) >= 11 is 1.92. The molecular weight excluding hydrogens is 264 g/mol. The number of esters is 1. The molecule has 2 aliphatic rings. The number of ether oxygens (including phenoxy) is 1. The summed E-state index contributed by atoms with van der Waals surface area (Å²) in [6.45, 7) is 2.52. The van der Waals surface area contributed by atoms with Gasteiger partial charge in [-0.2, -0.15) is 11.8 Å². The largest absolute Gasteiger partial charge is 0.466 e. The van der Waals surface area contributed by atoms with Crippen LogP contribution >= 0.6 is 11.8 Å². The van der Waals surface area contributed by atoms with Gasteiger partial charge >= 0.3 is 12.0 Å². The predicted molar refractivity (Wildman–Crippen MR) is 75.2 cm³/mol. The maximum atomic E-state index is 11.3. The minimum atomic E-state index is -0.0883. The van der Waals surface area contributed by atoms with Gasteiger partial charge in [-0.3, -0.25) is 4.79 Å². The first kappa shape index (κ1) is 14.5. The highest BCUT2D eigenvalue weighted by Gasteiger charge is 2.42. The Labute approximate surface area is 118 Å². The van der Waals surface area contributed by atoms with Crippen LogP contribution in [0.2, 0.25) is 0 Å². The molecule has 0 bridgehead atoms. The highest BCUT2D eigenvalue weighted by Crippen LogP contribution is 2.33. The van der Waals surface area contributed by atoms with E-state index in [1.807, 2.05) is 18.7 Å². The van der Waals surface area contributed by atoms with E-state index >= 15 is 0 Å². The second-order valence-corrected chi connectivity index (χ2v) is 6.36. The molecule has 2 fully saturated rings. The van der Waals surface area contributed by atoms with Crippen molar-refractivity contribution in [3.05, 3.63) is 0 Å². The first-order chi connectivity index (χ1) is 9.20. The van der Waals surface area contributed by atoms with Gasteiger partial charge in [-0.1, -0.05) is 13.3 Å². The standard InChI is InChI=1S/C13H22N2O3S/c1-2-7-18-11(16)6-4-3-5-10-12-9(8-19-10)14-13(17)15-12/h9-10,12H,2-8H2,1H3,(H2,14,15,17). The second-order valence-electron chi connectivity index (χ2n) is 5.09. The molecule has 0 aromatic rings. The smallest absolute Gasteiger partial charge is 0.315 e. The normalized spacial score (nSPS) is 28.7. The number of urea groups is 1. The molecule has 0 aliphatic carbocycles. The number of carbonyl (C=O) groups is 2. The number of hydrogen-bond donors (Lipinski definition) is 2. The lowest BCUT2D eigenvalue weighted by molar-refractivity contribution is -0.143. The van der Waals surface area contributed by atoms with Crippen LogP contribution in [-0.4, -0.2) is 41.7 Å². The van der Waals surface area contributed by atoms with Gasteiger partial charge in [-0.15, -0.1) is 0 Å². The number of nitrogens with one attached hydrogen (secondary N) is 2. The third-order valence-corrected chi connectivity index (χ3v) is 5.03. The van der Waals surface area contributed by atoms with E-state index in [-0.39, 0.29) is 24.1 Å². The van der Waals surface area contributed by atoms with Crippen LogP contribution in [0.5, 0.6) is 0 Å². The number of fused-ring (bicyclic) bond motifs is 1. The molecule has 3 atom stereocenters. The van der Waals surface area contributed by atoms with Crippen LogP contribution in [0.15, 0.2) is 0 Å². The molecule has 108 valence electrons. The van der Waals surface area contributed by atoms with Gasteiger partial charge in [0.25, 0.3) is 0 Å². The van der Waals surface area contributed by atoms with E-state index in [2.05, 4.69) is 10.6 Å². The summed E-state index contributed by atoms with van der Waals surface area (Å²) in [5.74, 6) is 0.904. The van der Waals surface area contributed by atoms with Crippen LogP contribution in [0.25, 0.3) is 0 Å². The lowest BCUT2D eigenvalue weighted by Gasteiger charge is -2.16. The zero-order chi connectivity index (χ0) is 13.7. The monoisotopic (exact) mass is 286 g/mol. The lowest BCUT2D eigenvalue weighted by Crippen LogP contribution is -2.36. The van der Waals surface area contributed by atoms with E-state index in [1.165, 1.54) is 0 Å². The van der Waals surface area contributed by atoms with Crippen LogP contribution in [0.1, 0.15) is 39.0 Å². The molecule has 0 radical (unpaired) electrons. The average Bonchev–Trinajstić information content (AvgIpc) is 2.92. The Morgan fingerprint density at radius 3 is 3.05 bits per heavy atom. The number of amides is 2. The van der Waals surface area contributed by atoms with Crippen LogP contribution < -0.4 is 10.6 Å². The number of unbranched alkanes of at least 4 members (excludes halogenated alkanes) is 1. The van der Waals surface area contributed by atoms with Crippen LogP contribution in [0, 0.1) is 0 Å². The Bertz CT molecular complexity index is 338. The van der Waals surface area contributed by atoms with E-state index in [0.717, 1.165) is 31.4 Å². The summed E-state index contributed by atoms with van der Waals surface area (Å²) in [5.41, 5.74) is 0. The Hall–Kier alpha value is -0.910. The number of rotatable bonds is 7. The molecule has 2 rings (SSSR count). The first-order valence-corrected chi connectivity index (χ1v) is 8.10. The molecule has 0 aromatic heterocycles. The summed E-state index contributed by atoms with van der Waals surface area (Å²) in [5, 5.41) is 6.40. The van der Waals surface area contributed by atoms with E-state index in [1.54, 1.807) is 0 Å². The minimum Gasteiger partial charge on any atom is -0.466 e. The van der Waals surface area contributed by atoms with E-state index in [9.17, 15) is 9.59 Å². The Morgan fingerprint density at radius 2 is 2.26 bits per heavy atom. The van der Waals surface area contributed by atoms with Gasteiger partial charge in [-0.25, -0.2) is 4.79 Å². The van der Waals surface area contributed by atoms with Gasteiger partial charge in [0.15, 0.2) is 0 Å². The fourth-order valence-corrected chi connectivity index (χ4v) is 4.09. The molecule has 2 N–H and O–H groups in total. The highest BCUT2D eigenvalue weighted by atomic mass is 32.2. The van der Waals surface area contributed by atoms with Crippen molar-refractivity contribution < 1.29 is 14.3 Å². The molecule has 0 aromatic carbocycles. The SMILES string of the molecule is CCCOC(=O)CCCCC1SCC2NC(=O)NC21. The Kier molecular flexibility index (Phi) is 5.36. The van der Waals surface area contributed by atoms with Crippen molar-refractivity contribution in [2.75, 3.05) is 12.4 Å². The first-order valence-electron chi connectivity index (χ1n) is 7.05. The summed E-state index contributed by atoms with van der Waals surface area (Å²) in [4.78, 5) is 22.6. The molecule has 2 saturated heterocycles. The van der Waals surface area contributed by atoms with Crippen molar-refractivity contribution in [1.29, 1.82) is 0 Å². The van der Waals surface area contributed by atoms with Crippen LogP contribution in [0.4, 0.5) is 4.79 Å². The van der Waals surface area contributed by atoms with Crippen molar-refractivity contribution >= 4 is 23.8 Å². The van der Waals surface area contributed by atoms with Gasteiger partial charge in [0.1, 0.15) is 0 Å². The minimum absolute atomic E-state index is 0.0385. The third kappa shape index (κ3) is 4.03. The Balaban J connectivity index is 1.59. The molecule has 2 heterocycles. The molecule has 0 spiro atoms. The van der Waals surface area contributed by atoms with E-state index < -0.39 is 0 Å². The number of hydrogen-bond acceptors (Lipinski definition) is 4. The van der Waals surface area contributed by atoms with Crippen molar-refractivity contribution in [2.24, 2.45) is 0 Å². The number of carbonyl (C=O) groups excluding carboxylic acids is 2. The zero-order valence-electron chi connectivity index (χ0n) is 11.3. The predicted octanol–water partition coefficient (Wildman–Crippen LogP) is 1.67. The average molecular weight is 286 g/mol. The van der Waals surface area contributed by atoms with Gasteiger partial charge in [-0.05, 0) is 19.3 Å². The van der Waals surface area contributed by atoms with Crippen molar-refractivity contribution in [3.8, 4) is 0 Å². The summed E-state index contributed by atoms with van der Waals surface area (Å²) in [6, 6.07) is 0.519. The molecule has 19 heavy (non-hydrogen) atoms. The van der Waals surface area contributed by atoms with Crippen molar-refractivity contribution in [3.63, 3.8) is 0 Å². The quantitative estimate of drug-likeness (QED) is 0.424. The van der Waals surface area contributed by atoms with Gasteiger partial charge in [0, 0.05) is 17.4 Å². The zero-order valence-corrected chi connectivity index (χ0v) is 12.1. The summed E-state index contributed by atoms with van der Waals surface area (Å²) in [7, 11) is 0. The maximum absolute atomic E-state index is 11.3. The topological polar surface area (TPSA) is 67.4 Å². The van der Waals surface area contributed by atoms with Crippen molar-refractivity contribution in [2.45, 2.75) is 56.4 Å². The summed E-state index contributed by atoms with van der Waals surface area (Å²) in [6.07, 6.45) is 4.32. The molecule has 2 aliphatic heterocycles. The van der Waals surface area contributed by atoms with Crippen LogP contribution in [-0.2, 0) is 9.53 Å². The fourth-order valence-electron chi connectivity index (χ4n) is 2.55. The Morgan fingerprint density at radius 1 is 1.42 bits per heavy atom. The molecule has 6 heteroatoms. The third-order valence-electron chi connectivity index (χ3n) is 3.52. The number of thioether (sulfide) groups is 1. The van der Waals surface area contributed by atoms with Gasteiger partial charge in [0.05, 0.1) is 18.7 Å². The maximum Gasteiger partial charge on any atom is 0.315 e. The van der Waals surface area contributed by atoms with E-state index in [0.29, 0.717) is 18.3 Å². The molecular formula is C13H22N2O3S. The fraction of sp³-hybridized carbons (Fsp3) is 0.846. The van der Waals surface area contributed by atoms with Gasteiger partial charge < -0.3 is 15.4 Å². The molecule has 3 unspecified atom stereocenters. The molecule has 5 nitrogen and oxygen atoms in total. The highest BCUT2D eigenvalue weighted by molar-refractivity contribution is 8.00. The molecule has 0 saturated carbocycles. The van der Waals surface area contributed by atoms with Crippen LogP contribution in [0.3, 0.4) is 0 Å². The summed E-state index contributed by atoms with van der Waals surface area (Å²) < 4.78 is 5.04. The molecule has 2 amide bonds. The second kappa shape index (κ2) is 7.03.